The highest BCUT2D eigenvalue weighted by Crippen LogP contribution is 2.36. The molecule has 8 heteroatoms. The molecule has 4 heterocycles. The fourth-order valence-electron chi connectivity index (χ4n) is 3.95. The lowest BCUT2D eigenvalue weighted by atomic mass is 9.94. The Labute approximate surface area is 172 Å². The fourth-order valence-corrected chi connectivity index (χ4v) is 4.73. The molecule has 0 atom stereocenters. The normalized spacial score (nSPS) is 13.3. The van der Waals surface area contributed by atoms with Gasteiger partial charge in [0.2, 0.25) is 5.95 Å². The van der Waals surface area contributed by atoms with Gasteiger partial charge < -0.3 is 10.2 Å². The standard InChI is InChI=1S/C21H17BN6S/c22-14-1-4-18-12(9-14)5-7-28(18)21-25-17-6-8-29-19(17)20(26-21)24-15-2-3-16-13(10-15)11-23-27-16/h1-4,6,8-11H,5,7,22H2,(H,23,27)(H,24,25,26). The van der Waals surface area contributed by atoms with Crippen molar-refractivity contribution in [2.75, 3.05) is 16.8 Å². The Bertz CT molecular complexity index is 1370. The largest absolute Gasteiger partial charge is 0.339 e. The van der Waals surface area contributed by atoms with Gasteiger partial charge in [0.15, 0.2) is 5.82 Å². The number of anilines is 4. The van der Waals surface area contributed by atoms with Crippen LogP contribution in [0, 0.1) is 0 Å². The van der Waals surface area contributed by atoms with Gasteiger partial charge in [0.25, 0.3) is 0 Å². The van der Waals surface area contributed by atoms with Crippen LogP contribution in [0.5, 0.6) is 0 Å². The summed E-state index contributed by atoms with van der Waals surface area (Å²) in [4.78, 5) is 12.0. The van der Waals surface area contributed by atoms with Crippen molar-refractivity contribution in [3.05, 3.63) is 59.6 Å². The van der Waals surface area contributed by atoms with Gasteiger partial charge in [0, 0.05) is 23.3 Å². The van der Waals surface area contributed by atoms with Gasteiger partial charge in [-0.1, -0.05) is 17.6 Å². The molecule has 6 nitrogen and oxygen atoms in total. The minimum Gasteiger partial charge on any atom is -0.339 e. The van der Waals surface area contributed by atoms with Crippen LogP contribution in [0.4, 0.5) is 23.1 Å². The van der Waals surface area contributed by atoms with Gasteiger partial charge in [-0.05, 0) is 47.7 Å². The first-order chi connectivity index (χ1) is 14.2. The smallest absolute Gasteiger partial charge is 0.232 e. The summed E-state index contributed by atoms with van der Waals surface area (Å²) in [6, 6.07) is 14.8. The van der Waals surface area contributed by atoms with E-state index in [0.717, 1.165) is 51.5 Å². The van der Waals surface area contributed by atoms with Crippen LogP contribution in [0.15, 0.2) is 54.0 Å². The number of aromatic amines is 1. The average molecular weight is 396 g/mol. The molecule has 29 heavy (non-hydrogen) atoms. The van der Waals surface area contributed by atoms with E-state index in [1.807, 2.05) is 18.3 Å². The highest BCUT2D eigenvalue weighted by Gasteiger charge is 2.24. The summed E-state index contributed by atoms with van der Waals surface area (Å²) in [5.74, 6) is 1.58. The van der Waals surface area contributed by atoms with Crippen molar-refractivity contribution in [1.29, 1.82) is 0 Å². The van der Waals surface area contributed by atoms with E-state index in [9.17, 15) is 0 Å². The molecule has 0 bridgehead atoms. The Morgan fingerprint density at radius 3 is 3.03 bits per heavy atom. The molecule has 0 amide bonds. The summed E-state index contributed by atoms with van der Waals surface area (Å²) < 4.78 is 1.06. The molecule has 0 saturated heterocycles. The minimum atomic E-state index is 0.741. The lowest BCUT2D eigenvalue weighted by Crippen LogP contribution is -2.17. The molecule has 0 radical (unpaired) electrons. The van der Waals surface area contributed by atoms with Crippen molar-refractivity contribution >= 4 is 68.9 Å². The minimum absolute atomic E-state index is 0.741. The highest BCUT2D eigenvalue weighted by molar-refractivity contribution is 7.17. The molecule has 6 rings (SSSR count). The van der Waals surface area contributed by atoms with Crippen molar-refractivity contribution in [2.24, 2.45) is 0 Å². The van der Waals surface area contributed by atoms with Crippen molar-refractivity contribution in [3.63, 3.8) is 0 Å². The Morgan fingerprint density at radius 2 is 2.07 bits per heavy atom. The van der Waals surface area contributed by atoms with Crippen LogP contribution in [0.2, 0.25) is 0 Å². The summed E-state index contributed by atoms with van der Waals surface area (Å²) in [5, 5.41) is 13.7. The van der Waals surface area contributed by atoms with Crippen LogP contribution < -0.4 is 15.7 Å². The second kappa shape index (κ2) is 6.32. The number of H-pyrrole nitrogens is 1. The van der Waals surface area contributed by atoms with Crippen molar-refractivity contribution < 1.29 is 0 Å². The molecule has 0 aliphatic carbocycles. The first kappa shape index (κ1) is 16.6. The number of hydrogen-bond donors (Lipinski definition) is 2. The lowest BCUT2D eigenvalue weighted by molar-refractivity contribution is 0.950. The van der Waals surface area contributed by atoms with E-state index in [1.165, 1.54) is 16.7 Å². The van der Waals surface area contributed by atoms with Gasteiger partial charge in [0.05, 0.1) is 21.9 Å². The number of rotatable bonds is 3. The van der Waals surface area contributed by atoms with Crippen molar-refractivity contribution in [2.45, 2.75) is 6.42 Å². The van der Waals surface area contributed by atoms with E-state index >= 15 is 0 Å². The number of nitrogens with zero attached hydrogens (tertiary/aromatic N) is 4. The van der Waals surface area contributed by atoms with Gasteiger partial charge in [-0.3, -0.25) is 5.10 Å². The lowest BCUT2D eigenvalue weighted by Gasteiger charge is -2.19. The van der Waals surface area contributed by atoms with Crippen molar-refractivity contribution in [3.8, 4) is 0 Å². The van der Waals surface area contributed by atoms with E-state index in [1.54, 1.807) is 11.3 Å². The Balaban J connectivity index is 1.44. The zero-order valence-corrected chi connectivity index (χ0v) is 16.6. The predicted octanol–water partition coefficient (Wildman–Crippen LogP) is 3.26. The van der Waals surface area contributed by atoms with Crippen LogP contribution in [0.1, 0.15) is 5.56 Å². The van der Waals surface area contributed by atoms with Crippen molar-refractivity contribution in [1.82, 2.24) is 20.2 Å². The van der Waals surface area contributed by atoms with Gasteiger partial charge >= 0.3 is 0 Å². The summed E-state index contributed by atoms with van der Waals surface area (Å²) in [6.45, 7) is 0.898. The van der Waals surface area contributed by atoms with Crippen LogP contribution in [-0.4, -0.2) is 34.6 Å². The molecular weight excluding hydrogens is 379 g/mol. The second-order valence-electron chi connectivity index (χ2n) is 7.34. The summed E-state index contributed by atoms with van der Waals surface area (Å²) in [6.07, 6.45) is 2.85. The Morgan fingerprint density at radius 1 is 1.10 bits per heavy atom. The molecule has 1 aliphatic heterocycles. The molecule has 0 unspecified atom stereocenters. The maximum Gasteiger partial charge on any atom is 0.232 e. The molecule has 0 spiro atoms. The number of fused-ring (bicyclic) bond motifs is 3. The van der Waals surface area contributed by atoms with E-state index in [0.29, 0.717) is 0 Å². The van der Waals surface area contributed by atoms with Gasteiger partial charge in [-0.25, -0.2) is 4.98 Å². The van der Waals surface area contributed by atoms with Gasteiger partial charge in [-0.2, -0.15) is 10.1 Å². The number of hydrogen-bond acceptors (Lipinski definition) is 6. The Hall–Kier alpha value is -3.39. The predicted molar refractivity (Wildman–Crippen MR) is 122 cm³/mol. The number of thiophene rings is 1. The monoisotopic (exact) mass is 396 g/mol. The summed E-state index contributed by atoms with van der Waals surface area (Å²) in [7, 11) is 2.13. The SMILES string of the molecule is Bc1ccc2c(c1)CCN2c1nc(Nc2ccc3[nH]ncc3c2)c2sccc2n1. The zero-order valence-electron chi connectivity index (χ0n) is 15.8. The third-order valence-electron chi connectivity index (χ3n) is 5.37. The summed E-state index contributed by atoms with van der Waals surface area (Å²) >= 11 is 1.65. The molecule has 140 valence electrons. The molecular formula is C21H17BN6S. The van der Waals surface area contributed by atoms with E-state index < -0.39 is 0 Å². The zero-order chi connectivity index (χ0) is 19.4. The molecule has 2 N–H and O–H groups in total. The van der Waals surface area contributed by atoms with E-state index in [4.69, 9.17) is 9.97 Å². The highest BCUT2D eigenvalue weighted by atomic mass is 32.1. The fraction of sp³-hybridized carbons (Fsp3) is 0.0952. The Kier molecular flexibility index (Phi) is 3.61. The van der Waals surface area contributed by atoms with Gasteiger partial charge in [-0.15, -0.1) is 11.3 Å². The van der Waals surface area contributed by atoms with Gasteiger partial charge in [0.1, 0.15) is 7.85 Å². The van der Waals surface area contributed by atoms with E-state index in [2.05, 4.69) is 64.0 Å². The molecule has 1 aliphatic rings. The molecule has 0 saturated carbocycles. The molecule has 5 aromatic rings. The van der Waals surface area contributed by atoms with E-state index in [-0.39, 0.29) is 0 Å². The number of nitrogens with one attached hydrogen (secondary N) is 2. The first-order valence-electron chi connectivity index (χ1n) is 9.57. The third kappa shape index (κ3) is 2.75. The number of aromatic nitrogens is 4. The maximum atomic E-state index is 4.93. The second-order valence-corrected chi connectivity index (χ2v) is 8.25. The maximum absolute atomic E-state index is 4.93. The first-order valence-corrected chi connectivity index (χ1v) is 10.4. The topological polar surface area (TPSA) is 69.7 Å². The molecule has 2 aromatic carbocycles. The summed E-state index contributed by atoms with van der Waals surface area (Å²) in [5.41, 5.74) is 6.82. The van der Waals surface area contributed by atoms with Crippen LogP contribution >= 0.6 is 11.3 Å². The number of benzene rings is 2. The quantitative estimate of drug-likeness (QED) is 0.458. The van der Waals surface area contributed by atoms with Crippen LogP contribution in [0.3, 0.4) is 0 Å². The third-order valence-corrected chi connectivity index (χ3v) is 6.28. The average Bonchev–Trinajstić information content (AvgIpc) is 3.46. The molecule has 3 aromatic heterocycles. The van der Waals surface area contributed by atoms with Crippen LogP contribution in [0.25, 0.3) is 21.1 Å². The molecule has 0 fully saturated rings. The van der Waals surface area contributed by atoms with Crippen LogP contribution in [-0.2, 0) is 6.42 Å².